The van der Waals surface area contributed by atoms with E-state index in [1.165, 1.54) is 0 Å². The molecule has 1 rings (SSSR count). The molecule has 94 valence electrons. The van der Waals surface area contributed by atoms with Gasteiger partial charge in [-0.2, -0.15) is 0 Å². The van der Waals surface area contributed by atoms with Crippen molar-refractivity contribution in [2.75, 3.05) is 19.7 Å². The van der Waals surface area contributed by atoms with Crippen LogP contribution in [0, 0.1) is 11.3 Å². The summed E-state index contributed by atoms with van der Waals surface area (Å²) in [5.41, 5.74) is -0.301. The lowest BCUT2D eigenvalue weighted by atomic mass is 9.88. The zero-order valence-corrected chi connectivity index (χ0v) is 10.5. The Morgan fingerprint density at radius 3 is 2.69 bits per heavy atom. The number of hydrogen-bond donors (Lipinski definition) is 3. The molecule has 1 amide bonds. The predicted octanol–water partition coefficient (Wildman–Crippen LogP) is 0.509. The molecule has 4 nitrogen and oxygen atoms in total. The van der Waals surface area contributed by atoms with Crippen LogP contribution in [0.2, 0.25) is 0 Å². The van der Waals surface area contributed by atoms with Crippen molar-refractivity contribution in [3.05, 3.63) is 0 Å². The monoisotopic (exact) mass is 228 g/mol. The number of carbonyl (C=O) groups is 1. The van der Waals surface area contributed by atoms with E-state index in [9.17, 15) is 9.90 Å². The molecule has 0 radical (unpaired) electrons. The predicted molar refractivity (Wildman–Crippen MR) is 64.1 cm³/mol. The van der Waals surface area contributed by atoms with E-state index in [0.29, 0.717) is 5.92 Å². The second-order valence-electron chi connectivity index (χ2n) is 5.47. The van der Waals surface area contributed by atoms with Gasteiger partial charge in [-0.15, -0.1) is 0 Å². The fourth-order valence-corrected chi connectivity index (χ4v) is 2.12. The van der Waals surface area contributed by atoms with Crippen molar-refractivity contribution < 1.29 is 9.90 Å². The van der Waals surface area contributed by atoms with E-state index in [1.807, 2.05) is 6.92 Å². The third-order valence-electron chi connectivity index (χ3n) is 3.23. The molecule has 1 aliphatic heterocycles. The number of hydrogen-bond acceptors (Lipinski definition) is 3. The highest BCUT2D eigenvalue weighted by Gasteiger charge is 2.36. The van der Waals surface area contributed by atoms with Crippen molar-refractivity contribution in [2.24, 2.45) is 11.3 Å². The van der Waals surface area contributed by atoms with Gasteiger partial charge in [0, 0.05) is 6.54 Å². The molecule has 1 saturated heterocycles. The van der Waals surface area contributed by atoms with Gasteiger partial charge in [0.25, 0.3) is 0 Å². The van der Waals surface area contributed by atoms with Crippen LogP contribution in [-0.4, -0.2) is 36.8 Å². The van der Waals surface area contributed by atoms with Gasteiger partial charge in [-0.3, -0.25) is 4.79 Å². The second kappa shape index (κ2) is 5.64. The fourth-order valence-electron chi connectivity index (χ4n) is 2.12. The number of aliphatic hydroxyl groups excluding tert-OH is 1. The minimum absolute atomic E-state index is 0.0213. The van der Waals surface area contributed by atoms with Crippen LogP contribution in [-0.2, 0) is 4.79 Å². The maximum Gasteiger partial charge on any atom is 0.227 e. The fraction of sp³-hybridized carbons (Fsp3) is 0.917. The van der Waals surface area contributed by atoms with Gasteiger partial charge in [0.2, 0.25) is 5.91 Å². The van der Waals surface area contributed by atoms with Gasteiger partial charge in [0.15, 0.2) is 0 Å². The molecule has 2 unspecified atom stereocenters. The summed E-state index contributed by atoms with van der Waals surface area (Å²) in [5, 5.41) is 15.4. The van der Waals surface area contributed by atoms with E-state index < -0.39 is 0 Å². The summed E-state index contributed by atoms with van der Waals surface area (Å²) in [6.45, 7) is 7.82. The first-order chi connectivity index (χ1) is 7.48. The van der Waals surface area contributed by atoms with Gasteiger partial charge in [-0.05, 0) is 32.2 Å². The Kier molecular flexibility index (Phi) is 4.74. The zero-order chi connectivity index (χ0) is 12.2. The van der Waals surface area contributed by atoms with E-state index in [1.54, 1.807) is 0 Å². The van der Waals surface area contributed by atoms with Gasteiger partial charge in [-0.25, -0.2) is 0 Å². The van der Waals surface area contributed by atoms with Crippen LogP contribution >= 0.6 is 0 Å². The van der Waals surface area contributed by atoms with Crippen molar-refractivity contribution in [3.8, 4) is 0 Å². The highest BCUT2D eigenvalue weighted by atomic mass is 16.3. The summed E-state index contributed by atoms with van der Waals surface area (Å²) in [6, 6.07) is -0.107. The first kappa shape index (κ1) is 13.5. The van der Waals surface area contributed by atoms with Crippen LogP contribution in [0.1, 0.15) is 33.6 Å². The Balaban J connectivity index is 2.48. The van der Waals surface area contributed by atoms with Gasteiger partial charge in [0.05, 0.1) is 18.1 Å². The highest BCUT2D eigenvalue weighted by molar-refractivity contribution is 5.83. The Labute approximate surface area is 97.8 Å². The number of rotatable bonds is 5. The minimum atomic E-state index is -0.301. The standard InChI is InChI=1S/C12H24N2O2/c1-9(2)6-10(7-15)14-11(16)12(3)4-5-13-8-12/h9-10,13,15H,4-8H2,1-3H3,(H,14,16). The van der Waals surface area contributed by atoms with E-state index in [0.717, 1.165) is 25.9 Å². The Morgan fingerprint density at radius 2 is 2.25 bits per heavy atom. The molecule has 0 aromatic carbocycles. The number of amides is 1. The number of carbonyl (C=O) groups excluding carboxylic acids is 1. The SMILES string of the molecule is CC(C)CC(CO)NC(=O)C1(C)CCNC1. The molecule has 2 atom stereocenters. The average molecular weight is 228 g/mol. The molecule has 0 spiro atoms. The molecule has 0 aromatic heterocycles. The lowest BCUT2D eigenvalue weighted by Crippen LogP contribution is -2.47. The molecule has 4 heteroatoms. The van der Waals surface area contributed by atoms with Crippen LogP contribution in [0.5, 0.6) is 0 Å². The smallest absolute Gasteiger partial charge is 0.227 e. The van der Waals surface area contributed by atoms with Crippen LogP contribution in [0.15, 0.2) is 0 Å². The van der Waals surface area contributed by atoms with Crippen LogP contribution in [0.25, 0.3) is 0 Å². The molecule has 16 heavy (non-hydrogen) atoms. The third kappa shape index (κ3) is 3.46. The van der Waals surface area contributed by atoms with E-state index >= 15 is 0 Å². The van der Waals surface area contributed by atoms with Crippen LogP contribution < -0.4 is 10.6 Å². The van der Waals surface area contributed by atoms with Gasteiger partial charge < -0.3 is 15.7 Å². The third-order valence-corrected chi connectivity index (χ3v) is 3.23. The molecular weight excluding hydrogens is 204 g/mol. The van der Waals surface area contributed by atoms with E-state index in [4.69, 9.17) is 0 Å². The summed E-state index contributed by atoms with van der Waals surface area (Å²) in [4.78, 5) is 12.1. The molecule has 1 heterocycles. The normalized spacial score (nSPS) is 27.1. The Hall–Kier alpha value is -0.610. The Morgan fingerprint density at radius 1 is 1.56 bits per heavy atom. The quantitative estimate of drug-likeness (QED) is 0.642. The van der Waals surface area contributed by atoms with Crippen molar-refractivity contribution in [3.63, 3.8) is 0 Å². The maximum atomic E-state index is 12.1. The average Bonchev–Trinajstić information content (AvgIpc) is 2.64. The lowest BCUT2D eigenvalue weighted by Gasteiger charge is -2.26. The van der Waals surface area contributed by atoms with E-state index in [2.05, 4.69) is 24.5 Å². The first-order valence-corrected chi connectivity index (χ1v) is 6.10. The summed E-state index contributed by atoms with van der Waals surface area (Å²) in [7, 11) is 0. The first-order valence-electron chi connectivity index (χ1n) is 6.10. The van der Waals surface area contributed by atoms with Crippen molar-refractivity contribution in [1.29, 1.82) is 0 Å². The van der Waals surface area contributed by atoms with Crippen LogP contribution in [0.3, 0.4) is 0 Å². The van der Waals surface area contributed by atoms with Crippen molar-refractivity contribution in [1.82, 2.24) is 10.6 Å². The summed E-state index contributed by atoms with van der Waals surface area (Å²) in [5.74, 6) is 0.546. The lowest BCUT2D eigenvalue weighted by molar-refractivity contribution is -0.130. The topological polar surface area (TPSA) is 61.4 Å². The molecule has 0 aliphatic carbocycles. The van der Waals surface area contributed by atoms with Crippen molar-refractivity contribution in [2.45, 2.75) is 39.7 Å². The molecule has 0 bridgehead atoms. The zero-order valence-electron chi connectivity index (χ0n) is 10.5. The molecule has 1 fully saturated rings. The van der Waals surface area contributed by atoms with Gasteiger partial charge in [-0.1, -0.05) is 13.8 Å². The molecule has 3 N–H and O–H groups in total. The summed E-state index contributed by atoms with van der Waals surface area (Å²) < 4.78 is 0. The van der Waals surface area contributed by atoms with Gasteiger partial charge in [0.1, 0.15) is 0 Å². The summed E-state index contributed by atoms with van der Waals surface area (Å²) in [6.07, 6.45) is 1.70. The van der Waals surface area contributed by atoms with Gasteiger partial charge >= 0.3 is 0 Å². The second-order valence-corrected chi connectivity index (χ2v) is 5.47. The van der Waals surface area contributed by atoms with Crippen LogP contribution in [0.4, 0.5) is 0 Å². The number of nitrogens with one attached hydrogen (secondary N) is 2. The molecular formula is C12H24N2O2. The highest BCUT2D eigenvalue weighted by Crippen LogP contribution is 2.24. The van der Waals surface area contributed by atoms with E-state index in [-0.39, 0.29) is 24.0 Å². The molecule has 1 aliphatic rings. The maximum absolute atomic E-state index is 12.1. The largest absolute Gasteiger partial charge is 0.394 e. The minimum Gasteiger partial charge on any atom is -0.394 e. The van der Waals surface area contributed by atoms with Crippen molar-refractivity contribution >= 4 is 5.91 Å². The molecule has 0 aromatic rings. The molecule has 0 saturated carbocycles. The Bertz CT molecular complexity index is 235. The number of aliphatic hydroxyl groups is 1. The summed E-state index contributed by atoms with van der Waals surface area (Å²) >= 11 is 0.